The van der Waals surface area contributed by atoms with Crippen LogP contribution in [0.1, 0.15) is 32.0 Å². The Morgan fingerprint density at radius 2 is 2.07 bits per heavy atom. The van der Waals surface area contributed by atoms with Gasteiger partial charge in [0.05, 0.1) is 5.69 Å². The fourth-order valence-corrected chi connectivity index (χ4v) is 1.25. The minimum absolute atomic E-state index is 1.06. The van der Waals surface area contributed by atoms with Crippen LogP contribution < -0.4 is 0 Å². The summed E-state index contributed by atoms with van der Waals surface area (Å²) < 4.78 is 0. The molecule has 1 heteroatoms. The Kier molecular flexibility index (Phi) is 3.63. The molecule has 0 radical (unpaired) electrons. The number of aromatic nitrogens is 1. The monoisotopic (exact) mass is 187 g/mol. The Labute approximate surface area is 86.2 Å². The van der Waals surface area contributed by atoms with Crippen LogP contribution in [0.2, 0.25) is 0 Å². The first-order valence-corrected chi connectivity index (χ1v) is 4.87. The van der Waals surface area contributed by atoms with Crippen LogP contribution >= 0.6 is 0 Å². The molecule has 0 atom stereocenters. The van der Waals surface area contributed by atoms with Crippen molar-refractivity contribution in [3.8, 4) is 0 Å². The fourth-order valence-electron chi connectivity index (χ4n) is 1.25. The Hall–Kier alpha value is -1.37. The summed E-state index contributed by atoms with van der Waals surface area (Å²) in [5.41, 5.74) is 4.79. The number of rotatable bonds is 2. The minimum Gasteiger partial charge on any atom is -0.257 e. The summed E-state index contributed by atoms with van der Waals surface area (Å²) in [5.74, 6) is 0. The van der Waals surface area contributed by atoms with Crippen LogP contribution in [0.25, 0.3) is 5.57 Å². The van der Waals surface area contributed by atoms with Gasteiger partial charge in [-0.15, -0.1) is 0 Å². The molecule has 0 saturated carbocycles. The fraction of sp³-hybridized carbons (Fsp3) is 0.308. The van der Waals surface area contributed by atoms with E-state index in [1.165, 1.54) is 16.7 Å². The first-order valence-electron chi connectivity index (χ1n) is 4.87. The summed E-state index contributed by atoms with van der Waals surface area (Å²) in [6.45, 7) is 8.32. The SMILES string of the molecule is C/C=C(C)\C=C(/C)c1cc(C)ccn1. The zero-order valence-corrected chi connectivity index (χ0v) is 9.33. The molecule has 0 aliphatic heterocycles. The molecule has 0 saturated heterocycles. The molecule has 1 heterocycles. The first kappa shape index (κ1) is 10.7. The van der Waals surface area contributed by atoms with Gasteiger partial charge in [-0.2, -0.15) is 0 Å². The average Bonchev–Trinajstić information content (AvgIpc) is 2.17. The van der Waals surface area contributed by atoms with Crippen LogP contribution in [0.4, 0.5) is 0 Å². The Balaban J connectivity index is 3.00. The van der Waals surface area contributed by atoms with E-state index in [0.717, 1.165) is 5.69 Å². The van der Waals surface area contributed by atoms with Gasteiger partial charge in [0.15, 0.2) is 0 Å². The van der Waals surface area contributed by atoms with Gasteiger partial charge in [-0.25, -0.2) is 0 Å². The molecule has 0 N–H and O–H groups in total. The van der Waals surface area contributed by atoms with Crippen molar-refractivity contribution in [2.45, 2.75) is 27.7 Å². The summed E-state index contributed by atoms with van der Waals surface area (Å²) in [6.07, 6.45) is 6.11. The molecule has 1 aromatic heterocycles. The minimum atomic E-state index is 1.06. The van der Waals surface area contributed by atoms with Gasteiger partial charge in [-0.3, -0.25) is 4.98 Å². The molecule has 0 spiro atoms. The number of hydrogen-bond donors (Lipinski definition) is 0. The quantitative estimate of drug-likeness (QED) is 0.642. The van der Waals surface area contributed by atoms with Gasteiger partial charge in [-0.05, 0) is 51.0 Å². The number of nitrogens with zero attached hydrogens (tertiary/aromatic N) is 1. The van der Waals surface area contributed by atoms with E-state index in [1.54, 1.807) is 0 Å². The summed E-state index contributed by atoms with van der Waals surface area (Å²) in [4.78, 5) is 4.33. The van der Waals surface area contributed by atoms with Crippen LogP contribution in [0.15, 0.2) is 36.1 Å². The third-order valence-corrected chi connectivity index (χ3v) is 2.22. The molecule has 14 heavy (non-hydrogen) atoms. The van der Waals surface area contributed by atoms with Gasteiger partial charge < -0.3 is 0 Å². The van der Waals surface area contributed by atoms with Crippen molar-refractivity contribution in [1.82, 2.24) is 4.98 Å². The number of pyridine rings is 1. The molecule has 1 rings (SSSR count). The van der Waals surface area contributed by atoms with Crippen LogP contribution in [0, 0.1) is 6.92 Å². The van der Waals surface area contributed by atoms with Crippen molar-refractivity contribution in [3.63, 3.8) is 0 Å². The molecule has 0 aromatic carbocycles. The van der Waals surface area contributed by atoms with Crippen LogP contribution in [-0.4, -0.2) is 4.98 Å². The second-order valence-electron chi connectivity index (χ2n) is 3.58. The van der Waals surface area contributed by atoms with Gasteiger partial charge in [0.1, 0.15) is 0 Å². The van der Waals surface area contributed by atoms with Gasteiger partial charge in [0.25, 0.3) is 0 Å². The van der Waals surface area contributed by atoms with E-state index in [2.05, 4.69) is 44.0 Å². The summed E-state index contributed by atoms with van der Waals surface area (Å²) in [5, 5.41) is 0. The number of aryl methyl sites for hydroxylation is 1. The highest BCUT2D eigenvalue weighted by Gasteiger charge is 1.96. The third kappa shape index (κ3) is 2.84. The third-order valence-electron chi connectivity index (χ3n) is 2.22. The predicted molar refractivity (Wildman–Crippen MR) is 62.1 cm³/mol. The zero-order valence-electron chi connectivity index (χ0n) is 9.33. The van der Waals surface area contributed by atoms with Gasteiger partial charge >= 0.3 is 0 Å². The molecular weight excluding hydrogens is 170 g/mol. The second-order valence-corrected chi connectivity index (χ2v) is 3.58. The van der Waals surface area contributed by atoms with Crippen molar-refractivity contribution >= 4 is 5.57 Å². The van der Waals surface area contributed by atoms with E-state index in [-0.39, 0.29) is 0 Å². The average molecular weight is 187 g/mol. The molecule has 0 aliphatic carbocycles. The van der Waals surface area contributed by atoms with Gasteiger partial charge in [0, 0.05) is 6.20 Å². The Morgan fingerprint density at radius 1 is 1.36 bits per heavy atom. The summed E-state index contributed by atoms with van der Waals surface area (Å²) >= 11 is 0. The maximum Gasteiger partial charge on any atom is 0.0661 e. The van der Waals surface area contributed by atoms with Crippen molar-refractivity contribution in [2.75, 3.05) is 0 Å². The zero-order chi connectivity index (χ0) is 10.6. The molecule has 1 aromatic rings. The number of allylic oxidation sites excluding steroid dienone is 4. The van der Waals surface area contributed by atoms with Gasteiger partial charge in [0.2, 0.25) is 0 Å². The normalized spacial score (nSPS) is 13.1. The molecule has 0 aliphatic rings. The van der Waals surface area contributed by atoms with Gasteiger partial charge in [-0.1, -0.05) is 17.7 Å². The van der Waals surface area contributed by atoms with Crippen molar-refractivity contribution in [3.05, 3.63) is 47.3 Å². The van der Waals surface area contributed by atoms with E-state index in [9.17, 15) is 0 Å². The van der Waals surface area contributed by atoms with Crippen molar-refractivity contribution < 1.29 is 0 Å². The topological polar surface area (TPSA) is 12.9 Å². The lowest BCUT2D eigenvalue weighted by Gasteiger charge is -2.01. The van der Waals surface area contributed by atoms with Crippen LogP contribution in [-0.2, 0) is 0 Å². The predicted octanol–water partition coefficient (Wildman–Crippen LogP) is 3.76. The van der Waals surface area contributed by atoms with E-state index in [4.69, 9.17) is 0 Å². The van der Waals surface area contributed by atoms with Crippen LogP contribution in [0.3, 0.4) is 0 Å². The summed E-state index contributed by atoms with van der Waals surface area (Å²) in [7, 11) is 0. The molecule has 0 unspecified atom stereocenters. The molecule has 74 valence electrons. The van der Waals surface area contributed by atoms with E-state index >= 15 is 0 Å². The highest BCUT2D eigenvalue weighted by atomic mass is 14.7. The van der Waals surface area contributed by atoms with E-state index in [1.807, 2.05) is 19.2 Å². The summed E-state index contributed by atoms with van der Waals surface area (Å²) in [6, 6.07) is 4.12. The number of hydrogen-bond acceptors (Lipinski definition) is 1. The smallest absolute Gasteiger partial charge is 0.0661 e. The van der Waals surface area contributed by atoms with E-state index < -0.39 is 0 Å². The Morgan fingerprint density at radius 3 is 2.64 bits per heavy atom. The molecular formula is C13H17N. The maximum atomic E-state index is 4.33. The first-order chi connectivity index (χ1) is 6.63. The lowest BCUT2D eigenvalue weighted by atomic mass is 10.1. The highest BCUT2D eigenvalue weighted by Crippen LogP contribution is 2.14. The lowest BCUT2D eigenvalue weighted by Crippen LogP contribution is -1.86. The maximum absolute atomic E-state index is 4.33. The Bertz CT molecular complexity index is 373. The lowest BCUT2D eigenvalue weighted by molar-refractivity contribution is 1.23. The second kappa shape index (κ2) is 4.75. The van der Waals surface area contributed by atoms with E-state index in [0.29, 0.717) is 0 Å². The molecule has 1 nitrogen and oxygen atoms in total. The van der Waals surface area contributed by atoms with Crippen molar-refractivity contribution in [2.24, 2.45) is 0 Å². The molecule has 0 amide bonds. The van der Waals surface area contributed by atoms with Crippen LogP contribution in [0.5, 0.6) is 0 Å². The standard InChI is InChI=1S/C13H17N/c1-5-10(2)8-12(4)13-9-11(3)6-7-14-13/h5-9H,1-4H3/b10-5-,12-8+. The van der Waals surface area contributed by atoms with Crippen molar-refractivity contribution in [1.29, 1.82) is 0 Å². The molecule has 0 bridgehead atoms. The largest absolute Gasteiger partial charge is 0.257 e. The molecule has 0 fully saturated rings. The highest BCUT2D eigenvalue weighted by molar-refractivity contribution is 5.63.